The molecule has 0 saturated heterocycles. The van der Waals surface area contributed by atoms with Crippen molar-refractivity contribution in [3.05, 3.63) is 22.2 Å². The highest BCUT2D eigenvalue weighted by Crippen LogP contribution is 2.34. The molecule has 21 heavy (non-hydrogen) atoms. The molecule has 4 nitrogen and oxygen atoms in total. The second kappa shape index (κ2) is 6.69. The van der Waals surface area contributed by atoms with E-state index in [0.717, 1.165) is 18.9 Å². The minimum Gasteiger partial charge on any atom is -0.492 e. The van der Waals surface area contributed by atoms with Crippen LogP contribution in [0.1, 0.15) is 25.7 Å². The predicted octanol–water partition coefficient (Wildman–Crippen LogP) is 3.55. The molecule has 0 spiro atoms. The van der Waals surface area contributed by atoms with Gasteiger partial charge in [0.25, 0.3) is 0 Å². The molecule has 118 valence electrons. The summed E-state index contributed by atoms with van der Waals surface area (Å²) in [5, 5.41) is 5.08. The normalized spacial score (nSPS) is 23.0. The molecule has 0 radical (unpaired) electrons. The first-order valence-electron chi connectivity index (χ1n) is 6.56. The molecule has 0 amide bonds. The number of halogens is 3. The molecule has 1 aliphatic rings. The largest absolute Gasteiger partial charge is 0.492 e. The van der Waals surface area contributed by atoms with Crippen LogP contribution < -0.4 is 9.88 Å². The van der Waals surface area contributed by atoms with E-state index >= 15 is 0 Å². The van der Waals surface area contributed by atoms with Crippen LogP contribution in [0.15, 0.2) is 17.0 Å². The molecule has 0 bridgehead atoms. The summed E-state index contributed by atoms with van der Waals surface area (Å²) in [5.41, 5.74) is 0. The number of ether oxygens (including phenoxy) is 1. The highest BCUT2D eigenvalue weighted by atomic mass is 35.5. The van der Waals surface area contributed by atoms with Crippen LogP contribution >= 0.6 is 23.2 Å². The van der Waals surface area contributed by atoms with Gasteiger partial charge in [-0.05, 0) is 31.2 Å². The van der Waals surface area contributed by atoms with E-state index in [-0.39, 0.29) is 26.6 Å². The number of benzene rings is 1. The first-order valence-corrected chi connectivity index (χ1v) is 8.86. The van der Waals surface area contributed by atoms with E-state index in [1.807, 2.05) is 0 Å². The van der Waals surface area contributed by atoms with Crippen LogP contribution in [-0.2, 0) is 10.0 Å². The van der Waals surface area contributed by atoms with Crippen LogP contribution in [0, 0.1) is 5.92 Å². The van der Waals surface area contributed by atoms with E-state index in [2.05, 4.69) is 0 Å². The van der Waals surface area contributed by atoms with E-state index in [4.69, 9.17) is 33.1 Å². The van der Waals surface area contributed by atoms with Gasteiger partial charge in [0.2, 0.25) is 10.0 Å². The van der Waals surface area contributed by atoms with Crippen molar-refractivity contribution in [2.24, 2.45) is 11.1 Å². The Kier molecular flexibility index (Phi) is 5.35. The van der Waals surface area contributed by atoms with Crippen LogP contribution in [0.3, 0.4) is 0 Å². The lowest BCUT2D eigenvalue weighted by molar-refractivity contribution is 0.147. The van der Waals surface area contributed by atoms with Crippen molar-refractivity contribution >= 4 is 33.2 Å². The molecule has 1 aromatic rings. The lowest BCUT2D eigenvalue weighted by Crippen LogP contribution is -2.22. The minimum atomic E-state index is -3.94. The molecular formula is C13H16Cl2FNO3S. The van der Waals surface area contributed by atoms with Gasteiger partial charge in [0.1, 0.15) is 16.8 Å². The molecular weight excluding hydrogens is 340 g/mol. The number of hydrogen-bond acceptors (Lipinski definition) is 3. The first kappa shape index (κ1) is 16.8. The van der Waals surface area contributed by atoms with Gasteiger partial charge in [-0.2, -0.15) is 0 Å². The third-order valence-corrected chi connectivity index (χ3v) is 5.16. The molecule has 1 saturated carbocycles. The predicted molar refractivity (Wildman–Crippen MR) is 80.2 cm³/mol. The maximum absolute atomic E-state index is 13.3. The van der Waals surface area contributed by atoms with Crippen molar-refractivity contribution in [2.45, 2.75) is 36.8 Å². The Balaban J connectivity index is 2.09. The van der Waals surface area contributed by atoms with Gasteiger partial charge < -0.3 is 4.74 Å². The molecule has 0 aromatic heterocycles. The highest BCUT2D eigenvalue weighted by Gasteiger charge is 2.23. The first-order chi connectivity index (χ1) is 9.77. The summed E-state index contributed by atoms with van der Waals surface area (Å²) in [6.45, 7) is 0.325. The van der Waals surface area contributed by atoms with Crippen molar-refractivity contribution < 1.29 is 17.5 Å². The summed E-state index contributed by atoms with van der Waals surface area (Å²) in [7, 11) is -3.94. The Morgan fingerprint density at radius 1 is 1.29 bits per heavy atom. The zero-order chi connectivity index (χ0) is 15.6. The summed E-state index contributed by atoms with van der Waals surface area (Å²) in [4.78, 5) is -0.247. The molecule has 1 aliphatic carbocycles. The lowest BCUT2D eigenvalue weighted by atomic mass is 9.89. The third-order valence-electron chi connectivity index (χ3n) is 3.49. The van der Waals surface area contributed by atoms with Gasteiger partial charge in [-0.3, -0.25) is 0 Å². The van der Waals surface area contributed by atoms with E-state index in [0.29, 0.717) is 19.4 Å². The van der Waals surface area contributed by atoms with Crippen LogP contribution in [0.2, 0.25) is 10.0 Å². The fraction of sp³-hybridized carbons (Fsp3) is 0.538. The monoisotopic (exact) mass is 355 g/mol. The molecule has 0 aliphatic heterocycles. The number of alkyl halides is 1. The number of hydrogen-bond donors (Lipinski definition) is 1. The Morgan fingerprint density at radius 2 is 2.00 bits per heavy atom. The highest BCUT2D eigenvalue weighted by molar-refractivity contribution is 7.89. The van der Waals surface area contributed by atoms with Crippen molar-refractivity contribution in [3.8, 4) is 5.75 Å². The van der Waals surface area contributed by atoms with Crippen LogP contribution in [0.5, 0.6) is 5.75 Å². The molecule has 2 N–H and O–H groups in total. The summed E-state index contributed by atoms with van der Waals surface area (Å²) >= 11 is 11.8. The summed E-state index contributed by atoms with van der Waals surface area (Å²) in [6, 6.07) is 2.48. The molecule has 8 heteroatoms. The summed E-state index contributed by atoms with van der Waals surface area (Å²) in [6.07, 6.45) is 2.04. The van der Waals surface area contributed by atoms with Crippen molar-refractivity contribution in [1.82, 2.24) is 0 Å². The Morgan fingerprint density at radius 3 is 2.62 bits per heavy atom. The van der Waals surface area contributed by atoms with Gasteiger partial charge in [-0.25, -0.2) is 17.9 Å². The molecule has 2 rings (SSSR count). The Hall–Kier alpha value is -0.560. The number of rotatable bonds is 4. The van der Waals surface area contributed by atoms with Crippen LogP contribution in [-0.4, -0.2) is 21.2 Å². The van der Waals surface area contributed by atoms with Gasteiger partial charge in [-0.1, -0.05) is 29.6 Å². The zero-order valence-electron chi connectivity index (χ0n) is 11.2. The topological polar surface area (TPSA) is 69.4 Å². The lowest BCUT2D eigenvalue weighted by Gasteiger charge is -2.24. The average molecular weight is 356 g/mol. The molecule has 2 unspecified atom stereocenters. The van der Waals surface area contributed by atoms with Gasteiger partial charge in [0, 0.05) is 6.07 Å². The van der Waals surface area contributed by atoms with Gasteiger partial charge in [-0.15, -0.1) is 0 Å². The maximum atomic E-state index is 13.3. The Bertz CT molecular complexity index is 624. The van der Waals surface area contributed by atoms with Crippen molar-refractivity contribution in [3.63, 3.8) is 0 Å². The van der Waals surface area contributed by atoms with Gasteiger partial charge in [0.05, 0.1) is 16.7 Å². The fourth-order valence-corrected chi connectivity index (χ4v) is 3.80. The van der Waals surface area contributed by atoms with E-state index in [1.54, 1.807) is 0 Å². The molecule has 1 fully saturated rings. The molecule has 2 atom stereocenters. The summed E-state index contributed by atoms with van der Waals surface area (Å²) < 4.78 is 41.5. The molecule has 0 heterocycles. The van der Waals surface area contributed by atoms with Gasteiger partial charge in [0.15, 0.2) is 0 Å². The van der Waals surface area contributed by atoms with Crippen molar-refractivity contribution in [1.29, 1.82) is 0 Å². The maximum Gasteiger partial charge on any atom is 0.239 e. The molecule has 1 aromatic carbocycles. The second-order valence-corrected chi connectivity index (χ2v) is 7.54. The fourth-order valence-electron chi connectivity index (χ4n) is 2.42. The van der Waals surface area contributed by atoms with Crippen LogP contribution in [0.4, 0.5) is 4.39 Å². The van der Waals surface area contributed by atoms with Crippen molar-refractivity contribution in [2.75, 3.05) is 6.61 Å². The van der Waals surface area contributed by atoms with Crippen LogP contribution in [0.25, 0.3) is 0 Å². The summed E-state index contributed by atoms with van der Waals surface area (Å²) in [5.74, 6) is 0.400. The Labute approximate surface area is 133 Å². The van der Waals surface area contributed by atoms with E-state index in [9.17, 15) is 12.8 Å². The zero-order valence-corrected chi connectivity index (χ0v) is 13.5. The minimum absolute atomic E-state index is 0.0519. The van der Waals surface area contributed by atoms with Gasteiger partial charge >= 0.3 is 0 Å². The SMILES string of the molecule is NS(=O)(=O)c1cc(Cl)c(OCC2CCCC(F)C2)cc1Cl. The van der Waals surface area contributed by atoms with E-state index < -0.39 is 16.2 Å². The smallest absolute Gasteiger partial charge is 0.239 e. The second-order valence-electron chi connectivity index (χ2n) is 5.20. The standard InChI is InChI=1S/C13H16Cl2FNO3S/c14-10-6-13(21(17,18)19)11(15)5-12(10)20-7-8-2-1-3-9(16)4-8/h5-6,8-9H,1-4,7H2,(H2,17,18,19). The van der Waals surface area contributed by atoms with E-state index in [1.165, 1.54) is 6.07 Å². The number of nitrogens with two attached hydrogens (primary N) is 1. The number of sulfonamides is 1. The average Bonchev–Trinajstić information content (AvgIpc) is 2.38. The third kappa shape index (κ3) is 4.45. The number of primary sulfonamides is 1. The quantitative estimate of drug-likeness (QED) is 0.897.